The largest absolute Gasteiger partial charge is 0.505 e. The Morgan fingerprint density at radius 2 is 1.79 bits per heavy atom. The molecule has 0 spiro atoms. The molecule has 1 N–H and O–H groups in total. The number of hydrogen-bond donors (Lipinski definition) is 1. The molecule has 2 rings (SSSR count). The fourth-order valence-electron chi connectivity index (χ4n) is 1.52. The molecule has 0 atom stereocenters. The third-order valence-electron chi connectivity index (χ3n) is 2.61. The second-order valence-electron chi connectivity index (χ2n) is 3.69. The summed E-state index contributed by atoms with van der Waals surface area (Å²) < 4.78 is 0. The van der Waals surface area contributed by atoms with E-state index in [1.807, 2.05) is 32.9 Å². The van der Waals surface area contributed by atoms with Crippen LogP contribution in [0.2, 0.25) is 0 Å². The van der Waals surface area contributed by atoms with E-state index in [0.717, 1.165) is 22.2 Å². The highest BCUT2D eigenvalue weighted by atomic mass is 16.3. The van der Waals surface area contributed by atoms with Crippen LogP contribution < -0.4 is 0 Å². The predicted octanol–water partition coefficient (Wildman–Crippen LogP) is 2.87. The first-order valence-electron chi connectivity index (χ1n) is 4.66. The fraction of sp³-hybridized carbons (Fsp3) is 0.250. The Morgan fingerprint density at radius 1 is 1.07 bits per heavy atom. The van der Waals surface area contributed by atoms with Gasteiger partial charge in [-0.1, -0.05) is 12.1 Å². The summed E-state index contributed by atoms with van der Waals surface area (Å²) in [4.78, 5) is 4.39. The van der Waals surface area contributed by atoms with Gasteiger partial charge in [-0.05, 0) is 38.0 Å². The lowest BCUT2D eigenvalue weighted by Crippen LogP contribution is -1.89. The van der Waals surface area contributed by atoms with Gasteiger partial charge in [0.15, 0.2) is 0 Å². The molecular formula is C12H13NO. The zero-order valence-electron chi connectivity index (χ0n) is 8.63. The molecule has 0 unspecified atom stereocenters. The Kier molecular flexibility index (Phi) is 1.92. The Hall–Kier alpha value is -1.57. The SMILES string of the molecule is Cc1cc2ccc(C)c(O)c2nc1C. The number of pyridine rings is 1. The summed E-state index contributed by atoms with van der Waals surface area (Å²) in [6.07, 6.45) is 0. The van der Waals surface area contributed by atoms with Crippen LogP contribution in [0.4, 0.5) is 0 Å². The first-order chi connectivity index (χ1) is 6.59. The van der Waals surface area contributed by atoms with Crippen LogP contribution in [-0.4, -0.2) is 10.1 Å². The second-order valence-corrected chi connectivity index (χ2v) is 3.69. The maximum Gasteiger partial charge on any atom is 0.144 e. The number of aryl methyl sites for hydroxylation is 3. The highest BCUT2D eigenvalue weighted by Crippen LogP contribution is 2.27. The molecule has 72 valence electrons. The van der Waals surface area contributed by atoms with Crippen molar-refractivity contribution in [1.82, 2.24) is 4.98 Å². The summed E-state index contributed by atoms with van der Waals surface area (Å²) in [6, 6.07) is 5.95. The molecule has 0 radical (unpaired) electrons. The number of phenols is 1. The summed E-state index contributed by atoms with van der Waals surface area (Å²) in [6.45, 7) is 5.86. The summed E-state index contributed by atoms with van der Waals surface area (Å²) in [5, 5.41) is 10.8. The van der Waals surface area contributed by atoms with Crippen molar-refractivity contribution in [2.75, 3.05) is 0 Å². The van der Waals surface area contributed by atoms with Crippen molar-refractivity contribution in [3.05, 3.63) is 35.0 Å². The van der Waals surface area contributed by atoms with Crippen molar-refractivity contribution in [1.29, 1.82) is 0 Å². The van der Waals surface area contributed by atoms with Crippen LogP contribution in [-0.2, 0) is 0 Å². The summed E-state index contributed by atoms with van der Waals surface area (Å²) >= 11 is 0. The van der Waals surface area contributed by atoms with E-state index in [9.17, 15) is 5.11 Å². The molecule has 0 saturated carbocycles. The minimum absolute atomic E-state index is 0.297. The maximum absolute atomic E-state index is 9.81. The zero-order valence-corrected chi connectivity index (χ0v) is 8.63. The van der Waals surface area contributed by atoms with Crippen LogP contribution in [0.5, 0.6) is 5.75 Å². The molecule has 0 fully saturated rings. The van der Waals surface area contributed by atoms with Crippen molar-refractivity contribution in [2.45, 2.75) is 20.8 Å². The van der Waals surface area contributed by atoms with Crippen LogP contribution in [0.15, 0.2) is 18.2 Å². The summed E-state index contributed by atoms with van der Waals surface area (Å²) in [5.74, 6) is 0.297. The molecule has 1 aromatic carbocycles. The molecule has 2 nitrogen and oxygen atoms in total. The quantitative estimate of drug-likeness (QED) is 0.688. The van der Waals surface area contributed by atoms with E-state index in [0.29, 0.717) is 11.3 Å². The number of rotatable bonds is 0. The lowest BCUT2D eigenvalue weighted by molar-refractivity contribution is 0.476. The first kappa shape index (κ1) is 9.00. The number of benzene rings is 1. The minimum Gasteiger partial charge on any atom is -0.505 e. The van der Waals surface area contributed by atoms with Crippen molar-refractivity contribution in [3.8, 4) is 5.75 Å². The van der Waals surface area contributed by atoms with Gasteiger partial charge in [0.1, 0.15) is 11.3 Å². The van der Waals surface area contributed by atoms with Crippen molar-refractivity contribution in [2.24, 2.45) is 0 Å². The summed E-state index contributed by atoms with van der Waals surface area (Å²) in [5.41, 5.74) is 3.69. The third kappa shape index (κ3) is 1.23. The lowest BCUT2D eigenvalue weighted by atomic mass is 10.1. The molecular weight excluding hydrogens is 174 g/mol. The van der Waals surface area contributed by atoms with E-state index in [4.69, 9.17) is 0 Å². The van der Waals surface area contributed by atoms with Crippen LogP contribution in [0, 0.1) is 20.8 Å². The maximum atomic E-state index is 9.81. The average molecular weight is 187 g/mol. The molecule has 2 heteroatoms. The van der Waals surface area contributed by atoms with Crippen molar-refractivity contribution < 1.29 is 5.11 Å². The van der Waals surface area contributed by atoms with Gasteiger partial charge in [0, 0.05) is 11.1 Å². The highest BCUT2D eigenvalue weighted by Gasteiger charge is 2.05. The van der Waals surface area contributed by atoms with Gasteiger partial charge in [-0.3, -0.25) is 0 Å². The van der Waals surface area contributed by atoms with Crippen LogP contribution in [0.25, 0.3) is 10.9 Å². The summed E-state index contributed by atoms with van der Waals surface area (Å²) in [7, 11) is 0. The average Bonchev–Trinajstić information content (AvgIpc) is 2.15. The number of fused-ring (bicyclic) bond motifs is 1. The Labute approximate surface area is 83.2 Å². The lowest BCUT2D eigenvalue weighted by Gasteiger charge is -2.06. The van der Waals surface area contributed by atoms with E-state index in [2.05, 4.69) is 11.1 Å². The predicted molar refractivity (Wildman–Crippen MR) is 57.6 cm³/mol. The van der Waals surface area contributed by atoms with Crippen LogP contribution >= 0.6 is 0 Å². The van der Waals surface area contributed by atoms with E-state index in [1.54, 1.807) is 0 Å². The Morgan fingerprint density at radius 3 is 2.50 bits per heavy atom. The molecule has 1 aromatic heterocycles. The van der Waals surface area contributed by atoms with E-state index in [-0.39, 0.29) is 0 Å². The van der Waals surface area contributed by atoms with Gasteiger partial charge in [-0.15, -0.1) is 0 Å². The number of aromatic nitrogens is 1. The topological polar surface area (TPSA) is 33.1 Å². The Balaban J connectivity index is 2.89. The van der Waals surface area contributed by atoms with E-state index >= 15 is 0 Å². The second kappa shape index (κ2) is 2.98. The molecule has 0 bridgehead atoms. The van der Waals surface area contributed by atoms with Gasteiger partial charge in [0.2, 0.25) is 0 Å². The molecule has 0 amide bonds. The zero-order chi connectivity index (χ0) is 10.3. The number of hydrogen-bond acceptors (Lipinski definition) is 2. The molecule has 14 heavy (non-hydrogen) atoms. The fourth-order valence-corrected chi connectivity index (χ4v) is 1.52. The minimum atomic E-state index is 0.297. The van der Waals surface area contributed by atoms with Crippen molar-refractivity contribution >= 4 is 10.9 Å². The molecule has 1 heterocycles. The first-order valence-corrected chi connectivity index (χ1v) is 4.66. The number of nitrogens with zero attached hydrogens (tertiary/aromatic N) is 1. The molecule has 0 aliphatic rings. The highest BCUT2D eigenvalue weighted by molar-refractivity contribution is 5.86. The van der Waals surface area contributed by atoms with Crippen molar-refractivity contribution in [3.63, 3.8) is 0 Å². The van der Waals surface area contributed by atoms with Gasteiger partial charge in [0.25, 0.3) is 0 Å². The van der Waals surface area contributed by atoms with Gasteiger partial charge < -0.3 is 5.11 Å². The smallest absolute Gasteiger partial charge is 0.144 e. The number of phenolic OH excluding ortho intramolecular Hbond substituents is 1. The third-order valence-corrected chi connectivity index (χ3v) is 2.61. The van der Waals surface area contributed by atoms with Crippen LogP contribution in [0.1, 0.15) is 16.8 Å². The van der Waals surface area contributed by atoms with Gasteiger partial charge >= 0.3 is 0 Å². The molecule has 0 aliphatic heterocycles. The van der Waals surface area contributed by atoms with Crippen LogP contribution in [0.3, 0.4) is 0 Å². The van der Waals surface area contributed by atoms with E-state index in [1.165, 1.54) is 0 Å². The Bertz CT molecular complexity index is 503. The van der Waals surface area contributed by atoms with E-state index < -0.39 is 0 Å². The normalized spacial score (nSPS) is 10.8. The molecule has 0 saturated heterocycles. The standard InChI is InChI=1S/C12H13NO/c1-7-4-5-10-6-8(2)9(3)13-11(10)12(7)14/h4-6,14H,1-3H3. The van der Waals surface area contributed by atoms with Gasteiger partial charge in [0.05, 0.1) is 0 Å². The monoisotopic (exact) mass is 187 g/mol. The van der Waals surface area contributed by atoms with Gasteiger partial charge in [-0.25, -0.2) is 4.98 Å². The number of aromatic hydroxyl groups is 1. The molecule has 2 aromatic rings. The molecule has 0 aliphatic carbocycles. The van der Waals surface area contributed by atoms with Gasteiger partial charge in [-0.2, -0.15) is 0 Å².